The molecule has 4 aromatic heterocycles. The highest BCUT2D eigenvalue weighted by atomic mass is 32.1. The van der Waals surface area contributed by atoms with Crippen molar-refractivity contribution in [1.82, 2.24) is 30.0 Å². The summed E-state index contributed by atoms with van der Waals surface area (Å²) in [7, 11) is 1.79. The van der Waals surface area contributed by atoms with Crippen LogP contribution < -0.4 is 25.6 Å². The number of amides is 4. The molecule has 6 heterocycles. The number of ether oxygens (including phenoxy) is 2. The molecule has 1 fully saturated rings. The highest BCUT2D eigenvalue weighted by Crippen LogP contribution is 2.36. The average Bonchev–Trinajstić information content (AvgIpc) is 3.94. The summed E-state index contributed by atoms with van der Waals surface area (Å²) in [6, 6.07) is 32.5. The highest BCUT2D eigenvalue weighted by molar-refractivity contribution is 7.22. The lowest BCUT2D eigenvalue weighted by atomic mass is 9.93. The van der Waals surface area contributed by atoms with E-state index in [4.69, 9.17) is 14.5 Å². The zero-order chi connectivity index (χ0) is 51.7. The predicted molar refractivity (Wildman–Crippen MR) is 285 cm³/mol. The van der Waals surface area contributed by atoms with Gasteiger partial charge in [-0.05, 0) is 142 Å². The number of carbonyl (C=O) groups is 5. The lowest BCUT2D eigenvalue weighted by molar-refractivity contribution is -0.134. The van der Waals surface area contributed by atoms with E-state index in [0.29, 0.717) is 84.6 Å². The number of fused-ring (bicyclic) bond motifs is 3. The van der Waals surface area contributed by atoms with Gasteiger partial charge in [0.25, 0.3) is 5.91 Å². The summed E-state index contributed by atoms with van der Waals surface area (Å²) in [5.41, 5.74) is 8.68. The van der Waals surface area contributed by atoms with Crippen molar-refractivity contribution in [3.8, 4) is 16.9 Å². The Kier molecular flexibility index (Phi) is 13.8. The van der Waals surface area contributed by atoms with Crippen LogP contribution in [0.15, 0.2) is 109 Å². The Morgan fingerprint density at radius 2 is 1.73 bits per heavy atom. The first-order valence-electron chi connectivity index (χ1n) is 24.7. The van der Waals surface area contributed by atoms with Gasteiger partial charge in [-0.15, -0.1) is 0 Å². The smallest absolute Gasteiger partial charge is 0.358 e. The first-order chi connectivity index (χ1) is 35.6. The van der Waals surface area contributed by atoms with Crippen LogP contribution in [-0.4, -0.2) is 73.1 Å². The average molecular weight is 1010 g/mol. The zero-order valence-corrected chi connectivity index (χ0v) is 42.6. The number of carbonyl (C=O) groups excluding carboxylic acids is 5. The van der Waals surface area contributed by atoms with Crippen LogP contribution in [0.2, 0.25) is 0 Å². The zero-order valence-electron chi connectivity index (χ0n) is 41.8. The number of para-hydroxylation sites is 1. The summed E-state index contributed by atoms with van der Waals surface area (Å²) >= 11 is 1.43. The molecule has 0 spiro atoms. The van der Waals surface area contributed by atoms with E-state index < -0.39 is 17.5 Å². The molecule has 2 aliphatic heterocycles. The number of benzene rings is 4. The maximum absolute atomic E-state index is 14.0. The fourth-order valence-corrected chi connectivity index (χ4v) is 10.4. The summed E-state index contributed by atoms with van der Waals surface area (Å²) in [5.74, 6) is -0.830. The van der Waals surface area contributed by atoms with Crippen LogP contribution in [0.4, 0.5) is 16.6 Å². The predicted octanol–water partition coefficient (Wildman–Crippen LogP) is 9.43. The monoisotopic (exact) mass is 1010 g/mol. The van der Waals surface area contributed by atoms with Crippen LogP contribution in [0.3, 0.4) is 0 Å². The van der Waals surface area contributed by atoms with Gasteiger partial charge < -0.3 is 19.7 Å². The minimum absolute atomic E-state index is 0.131. The molecule has 0 bridgehead atoms. The second-order valence-corrected chi connectivity index (χ2v) is 20.7. The Hall–Kier alpha value is -8.31. The number of nitrogens with one attached hydrogen (secondary N) is 3. The number of hydrogen-bond donors (Lipinski definition) is 3. The van der Waals surface area contributed by atoms with E-state index in [1.807, 2.05) is 119 Å². The maximum Gasteiger partial charge on any atom is 0.358 e. The number of piperidine rings is 1. The number of hydrogen-bond acceptors (Lipinski definition) is 13. The van der Waals surface area contributed by atoms with Crippen LogP contribution in [0.25, 0.3) is 32.2 Å². The number of aryl methyl sites for hydroxylation is 2. The first-order valence-corrected chi connectivity index (χ1v) is 25.5. The van der Waals surface area contributed by atoms with E-state index in [1.54, 1.807) is 24.0 Å². The van der Waals surface area contributed by atoms with E-state index in [-0.39, 0.29) is 42.2 Å². The van der Waals surface area contributed by atoms with Gasteiger partial charge in [0, 0.05) is 60.6 Å². The number of pyridine rings is 2. The molecular weight excluding hydrogens is 955 g/mol. The largest absolute Gasteiger partial charge is 0.493 e. The van der Waals surface area contributed by atoms with Crippen molar-refractivity contribution in [3.63, 3.8) is 0 Å². The molecule has 1 saturated heterocycles. The molecule has 16 nitrogen and oxygen atoms in total. The number of aromatic nitrogens is 5. The minimum Gasteiger partial charge on any atom is -0.493 e. The second kappa shape index (κ2) is 20.7. The van der Waals surface area contributed by atoms with Gasteiger partial charge in [-0.25, -0.2) is 14.8 Å². The molecule has 74 heavy (non-hydrogen) atoms. The van der Waals surface area contributed by atoms with Crippen LogP contribution >= 0.6 is 11.3 Å². The third kappa shape index (κ3) is 10.7. The molecule has 0 radical (unpaired) electrons. The van der Waals surface area contributed by atoms with Gasteiger partial charge >= 0.3 is 5.97 Å². The maximum atomic E-state index is 14.0. The summed E-state index contributed by atoms with van der Waals surface area (Å²) in [6.07, 6.45) is 4.54. The Morgan fingerprint density at radius 1 is 0.892 bits per heavy atom. The lowest BCUT2D eigenvalue weighted by Crippen LogP contribution is -2.39. The van der Waals surface area contributed by atoms with Crippen LogP contribution in [0.5, 0.6) is 5.75 Å². The third-order valence-corrected chi connectivity index (χ3v) is 14.2. The van der Waals surface area contributed by atoms with Crippen molar-refractivity contribution >= 4 is 78.7 Å². The van der Waals surface area contributed by atoms with E-state index in [2.05, 4.69) is 42.0 Å². The molecule has 2 aliphatic rings. The number of anilines is 3. The topological polar surface area (TPSA) is 200 Å². The molecule has 1 atom stereocenters. The number of thiazole rings is 1. The van der Waals surface area contributed by atoms with Crippen LogP contribution in [0, 0.1) is 6.92 Å². The van der Waals surface area contributed by atoms with Gasteiger partial charge in [0.05, 0.1) is 40.4 Å². The number of nitrogens with zero attached hydrogens (tertiary/aromatic N) is 6. The fourth-order valence-electron chi connectivity index (χ4n) is 9.57. The van der Waals surface area contributed by atoms with Gasteiger partial charge in [-0.2, -0.15) is 5.10 Å². The Balaban J connectivity index is 0.770. The molecule has 376 valence electrons. The Morgan fingerprint density at radius 3 is 2.53 bits per heavy atom. The van der Waals surface area contributed by atoms with Crippen LogP contribution in [-0.2, 0) is 52.0 Å². The summed E-state index contributed by atoms with van der Waals surface area (Å²) in [6.45, 7) is 8.93. The fraction of sp³-hybridized carbons (Fsp3) is 0.281. The molecule has 3 N–H and O–H groups in total. The van der Waals surface area contributed by atoms with Gasteiger partial charge in [0.2, 0.25) is 17.7 Å². The summed E-state index contributed by atoms with van der Waals surface area (Å²) in [4.78, 5) is 81.5. The normalized spacial score (nSPS) is 14.7. The Bertz CT molecular complexity index is 3470. The van der Waals surface area contributed by atoms with E-state index in [9.17, 15) is 24.0 Å². The van der Waals surface area contributed by atoms with Crippen LogP contribution in [0.1, 0.15) is 100 Å². The molecule has 0 saturated carbocycles. The van der Waals surface area contributed by atoms with Crippen molar-refractivity contribution in [2.45, 2.75) is 84.3 Å². The van der Waals surface area contributed by atoms with E-state index in [0.717, 1.165) is 54.6 Å². The Labute approximate surface area is 431 Å². The van der Waals surface area contributed by atoms with Crippen molar-refractivity contribution in [2.24, 2.45) is 7.05 Å². The number of esters is 1. The van der Waals surface area contributed by atoms with Gasteiger partial charge in [0.15, 0.2) is 10.8 Å². The standard InChI is InChI=1S/C57H55N9O7S/c1-33-38(39-22-24-48(61-52(39)55(71)73-57(2,3)4)66-27-26-35-11-8-14-40(43(35)32-66)53(69)63-56-60-44-15-6-7-17-47(44)74-56)13-9-16-46(33)72-28-10-12-36-19-18-34(31-58-36)29-50(68)59-37-20-21-41-45(30-37)65(5)64-51(41)42-23-25-49(67)62-54(42)70/h6-9,11,13-22,24,30-31,42H,10,12,23,25-29,32H2,1-5H3,(H,59,68)(H,60,63,69)(H,62,67,70). The molecule has 4 amide bonds. The highest BCUT2D eigenvalue weighted by Gasteiger charge is 2.32. The third-order valence-electron chi connectivity index (χ3n) is 13.2. The van der Waals surface area contributed by atoms with E-state index in [1.165, 1.54) is 11.3 Å². The van der Waals surface area contributed by atoms with Crippen molar-refractivity contribution < 1.29 is 33.4 Å². The minimum atomic E-state index is -0.766. The number of rotatable bonds is 14. The molecular formula is C57H55N9O7S. The molecule has 10 rings (SSSR count). The van der Waals surface area contributed by atoms with Gasteiger partial charge in [-0.1, -0.05) is 53.8 Å². The van der Waals surface area contributed by atoms with Crippen molar-refractivity contribution in [3.05, 3.63) is 154 Å². The van der Waals surface area contributed by atoms with Crippen molar-refractivity contribution in [2.75, 3.05) is 28.7 Å². The summed E-state index contributed by atoms with van der Waals surface area (Å²) in [5, 5.41) is 14.3. The molecule has 4 aromatic carbocycles. The first kappa shape index (κ1) is 49.3. The van der Waals surface area contributed by atoms with E-state index >= 15 is 0 Å². The van der Waals surface area contributed by atoms with Gasteiger partial charge in [-0.3, -0.25) is 39.5 Å². The SMILES string of the molecule is Cc1c(OCCCc2ccc(CC(=O)Nc3ccc4c(C5CCC(=O)NC5=O)nn(C)c4c3)cn2)cccc1-c1ccc(N2CCc3cccc(C(=O)Nc4nc5ccccc5s4)c3C2)nc1C(=O)OC(C)(C)C. The second-order valence-electron chi connectivity index (χ2n) is 19.6. The van der Waals surface area contributed by atoms with Crippen molar-refractivity contribution in [1.29, 1.82) is 0 Å². The molecule has 8 aromatic rings. The summed E-state index contributed by atoms with van der Waals surface area (Å²) < 4.78 is 15.0. The molecule has 1 unspecified atom stereocenters. The molecule has 17 heteroatoms. The molecule has 0 aliphatic carbocycles. The quantitative estimate of drug-likeness (QED) is 0.0531. The number of imide groups is 1. The lowest BCUT2D eigenvalue weighted by Gasteiger charge is -2.31. The van der Waals surface area contributed by atoms with Gasteiger partial charge in [0.1, 0.15) is 17.2 Å².